The number of carbonyl (C=O) groups is 1. The minimum Gasteiger partial charge on any atom is -0.466 e. The van der Waals surface area contributed by atoms with Crippen LogP contribution < -0.4 is 0 Å². The molecule has 1 rings (SSSR count). The number of carbonyl (C=O) groups excluding carboxylic acids is 1. The fourth-order valence-corrected chi connectivity index (χ4v) is 1.96. The predicted molar refractivity (Wildman–Crippen MR) is 63.7 cm³/mol. The zero-order valence-electron chi connectivity index (χ0n) is 10.9. The summed E-state index contributed by atoms with van der Waals surface area (Å²) >= 11 is 0. The average Bonchev–Trinajstić information content (AvgIpc) is 2.21. The normalized spacial score (nSPS) is 22.1. The number of aliphatic hydroxyl groups excluding tert-OH is 1. The molecule has 1 heterocycles. The van der Waals surface area contributed by atoms with Crippen molar-refractivity contribution in [3.63, 3.8) is 0 Å². The SMILES string of the molecule is CCOC(=O)CC(O)CN1CCOCC1(C)C. The van der Waals surface area contributed by atoms with Crippen LogP contribution in [0.1, 0.15) is 27.2 Å². The molecule has 17 heavy (non-hydrogen) atoms. The number of morpholine rings is 1. The molecule has 1 fully saturated rings. The van der Waals surface area contributed by atoms with Gasteiger partial charge in [0.15, 0.2) is 0 Å². The molecule has 0 aromatic heterocycles. The van der Waals surface area contributed by atoms with Crippen molar-refractivity contribution in [2.75, 3.05) is 32.9 Å². The zero-order chi connectivity index (χ0) is 12.9. The number of aliphatic hydroxyl groups is 1. The molecule has 1 saturated heterocycles. The molecule has 0 bridgehead atoms. The molecule has 0 radical (unpaired) electrons. The largest absolute Gasteiger partial charge is 0.466 e. The van der Waals surface area contributed by atoms with Crippen molar-refractivity contribution in [3.8, 4) is 0 Å². The van der Waals surface area contributed by atoms with Crippen molar-refractivity contribution in [2.45, 2.75) is 38.8 Å². The molecule has 0 spiro atoms. The smallest absolute Gasteiger partial charge is 0.308 e. The summed E-state index contributed by atoms with van der Waals surface area (Å²) in [4.78, 5) is 13.4. The standard InChI is InChI=1S/C12H23NO4/c1-4-17-11(15)7-10(14)8-13-5-6-16-9-12(13,2)3/h10,14H,4-9H2,1-3H3. The van der Waals surface area contributed by atoms with Gasteiger partial charge in [-0.15, -0.1) is 0 Å². The van der Waals surface area contributed by atoms with Crippen LogP contribution in [0.4, 0.5) is 0 Å². The molecule has 100 valence electrons. The Balaban J connectivity index is 2.39. The highest BCUT2D eigenvalue weighted by Gasteiger charge is 2.32. The molecule has 0 aliphatic carbocycles. The van der Waals surface area contributed by atoms with E-state index in [9.17, 15) is 9.90 Å². The van der Waals surface area contributed by atoms with E-state index in [4.69, 9.17) is 9.47 Å². The zero-order valence-corrected chi connectivity index (χ0v) is 10.9. The van der Waals surface area contributed by atoms with E-state index in [1.807, 2.05) is 0 Å². The van der Waals surface area contributed by atoms with Gasteiger partial charge in [0, 0.05) is 18.6 Å². The van der Waals surface area contributed by atoms with Crippen molar-refractivity contribution in [2.24, 2.45) is 0 Å². The van der Waals surface area contributed by atoms with Crippen LogP contribution in [0.15, 0.2) is 0 Å². The van der Waals surface area contributed by atoms with Gasteiger partial charge < -0.3 is 14.6 Å². The highest BCUT2D eigenvalue weighted by molar-refractivity contribution is 5.69. The monoisotopic (exact) mass is 245 g/mol. The Kier molecular flexibility index (Phi) is 5.36. The first kappa shape index (κ1) is 14.4. The quantitative estimate of drug-likeness (QED) is 0.711. The van der Waals surface area contributed by atoms with E-state index in [1.165, 1.54) is 0 Å². The number of hydrogen-bond donors (Lipinski definition) is 1. The minimum atomic E-state index is -0.675. The van der Waals surface area contributed by atoms with E-state index in [2.05, 4.69) is 18.7 Å². The van der Waals surface area contributed by atoms with Crippen LogP contribution in [0.5, 0.6) is 0 Å². The first-order valence-corrected chi connectivity index (χ1v) is 6.12. The van der Waals surface area contributed by atoms with E-state index in [0.29, 0.717) is 26.4 Å². The lowest BCUT2D eigenvalue weighted by atomic mass is 10.0. The molecule has 0 saturated carbocycles. The molecule has 0 amide bonds. The van der Waals surface area contributed by atoms with E-state index in [-0.39, 0.29) is 17.9 Å². The van der Waals surface area contributed by atoms with Gasteiger partial charge in [0.2, 0.25) is 0 Å². The molecular weight excluding hydrogens is 222 g/mol. The summed E-state index contributed by atoms with van der Waals surface area (Å²) in [5.74, 6) is -0.342. The van der Waals surface area contributed by atoms with Crippen molar-refractivity contribution >= 4 is 5.97 Å². The second kappa shape index (κ2) is 6.33. The molecule has 1 atom stereocenters. The maximum Gasteiger partial charge on any atom is 0.308 e. The lowest BCUT2D eigenvalue weighted by Crippen LogP contribution is -2.55. The van der Waals surface area contributed by atoms with Gasteiger partial charge in [-0.1, -0.05) is 0 Å². The summed E-state index contributed by atoms with van der Waals surface area (Å²) in [6.07, 6.45) is -0.618. The minimum absolute atomic E-state index is 0.0568. The second-order valence-corrected chi connectivity index (χ2v) is 4.97. The number of esters is 1. The maximum atomic E-state index is 11.2. The Morgan fingerprint density at radius 3 is 2.88 bits per heavy atom. The van der Waals surface area contributed by atoms with Gasteiger partial charge in [-0.05, 0) is 20.8 Å². The van der Waals surface area contributed by atoms with Crippen LogP contribution in [-0.4, -0.2) is 60.5 Å². The molecule has 1 aliphatic heterocycles. The third-order valence-corrected chi connectivity index (χ3v) is 2.96. The second-order valence-electron chi connectivity index (χ2n) is 4.97. The Morgan fingerprint density at radius 1 is 1.59 bits per heavy atom. The van der Waals surface area contributed by atoms with E-state index >= 15 is 0 Å². The highest BCUT2D eigenvalue weighted by Crippen LogP contribution is 2.19. The van der Waals surface area contributed by atoms with Gasteiger partial charge in [0.1, 0.15) is 0 Å². The molecular formula is C12H23NO4. The highest BCUT2D eigenvalue weighted by atomic mass is 16.5. The number of hydrogen-bond acceptors (Lipinski definition) is 5. The van der Waals surface area contributed by atoms with Gasteiger partial charge in [-0.25, -0.2) is 0 Å². The van der Waals surface area contributed by atoms with E-state index in [1.54, 1.807) is 6.92 Å². The fourth-order valence-electron chi connectivity index (χ4n) is 1.96. The molecule has 5 nitrogen and oxygen atoms in total. The third kappa shape index (κ3) is 4.61. The molecule has 1 N–H and O–H groups in total. The van der Waals surface area contributed by atoms with Gasteiger partial charge in [0.25, 0.3) is 0 Å². The Bertz CT molecular complexity index is 255. The predicted octanol–water partition coefficient (Wildman–Crippen LogP) is 0.411. The molecule has 0 aromatic carbocycles. The van der Waals surface area contributed by atoms with Crippen molar-refractivity contribution in [3.05, 3.63) is 0 Å². The molecule has 1 unspecified atom stereocenters. The van der Waals surface area contributed by atoms with Crippen LogP contribution in [0.3, 0.4) is 0 Å². The Labute approximate surface area is 103 Å². The summed E-state index contributed by atoms with van der Waals surface area (Å²) < 4.78 is 10.2. The van der Waals surface area contributed by atoms with E-state index < -0.39 is 6.10 Å². The third-order valence-electron chi connectivity index (χ3n) is 2.96. The molecule has 5 heteroatoms. The summed E-state index contributed by atoms with van der Waals surface area (Å²) in [5.41, 5.74) is -0.0894. The summed E-state index contributed by atoms with van der Waals surface area (Å²) in [5, 5.41) is 9.85. The van der Waals surface area contributed by atoms with Gasteiger partial charge in [-0.3, -0.25) is 9.69 Å². The molecule has 1 aliphatic rings. The van der Waals surface area contributed by atoms with Crippen LogP contribution in [0.2, 0.25) is 0 Å². The fraction of sp³-hybridized carbons (Fsp3) is 0.917. The Morgan fingerprint density at radius 2 is 2.29 bits per heavy atom. The van der Waals surface area contributed by atoms with Crippen LogP contribution in [0, 0.1) is 0 Å². The van der Waals surface area contributed by atoms with Crippen LogP contribution >= 0.6 is 0 Å². The average molecular weight is 245 g/mol. The van der Waals surface area contributed by atoms with E-state index in [0.717, 1.165) is 6.54 Å². The van der Waals surface area contributed by atoms with Gasteiger partial charge in [-0.2, -0.15) is 0 Å². The lowest BCUT2D eigenvalue weighted by molar-refractivity contribution is -0.146. The first-order valence-electron chi connectivity index (χ1n) is 6.12. The number of β-amino-alcohol motifs (C(OH)–C–C–N with tert-alkyl or cyclic N) is 1. The number of rotatable bonds is 5. The van der Waals surface area contributed by atoms with Crippen molar-refractivity contribution in [1.29, 1.82) is 0 Å². The van der Waals surface area contributed by atoms with Gasteiger partial charge >= 0.3 is 5.97 Å². The topological polar surface area (TPSA) is 59.0 Å². The number of ether oxygens (including phenoxy) is 2. The summed E-state index contributed by atoms with van der Waals surface area (Å²) in [7, 11) is 0. The van der Waals surface area contributed by atoms with Crippen molar-refractivity contribution in [1.82, 2.24) is 4.90 Å². The van der Waals surface area contributed by atoms with Crippen LogP contribution in [0.25, 0.3) is 0 Å². The number of nitrogens with zero attached hydrogens (tertiary/aromatic N) is 1. The Hall–Kier alpha value is -0.650. The first-order chi connectivity index (χ1) is 7.95. The maximum absolute atomic E-state index is 11.2. The summed E-state index contributed by atoms with van der Waals surface area (Å²) in [6, 6.07) is 0. The lowest BCUT2D eigenvalue weighted by Gasteiger charge is -2.42. The summed E-state index contributed by atoms with van der Waals surface area (Å²) in [6.45, 7) is 8.85. The van der Waals surface area contributed by atoms with Crippen LogP contribution in [-0.2, 0) is 14.3 Å². The van der Waals surface area contributed by atoms with Gasteiger partial charge in [0.05, 0.1) is 32.3 Å². The van der Waals surface area contributed by atoms with Crippen molar-refractivity contribution < 1.29 is 19.4 Å². The molecule has 0 aromatic rings.